The second kappa shape index (κ2) is 7.50. The van der Waals surface area contributed by atoms with Crippen LogP contribution in [-0.2, 0) is 9.53 Å². The van der Waals surface area contributed by atoms with Crippen LogP contribution in [0.5, 0.6) is 11.5 Å². The van der Waals surface area contributed by atoms with Gasteiger partial charge in [-0.05, 0) is 25.0 Å². The molecule has 0 aromatic heterocycles. The summed E-state index contributed by atoms with van der Waals surface area (Å²) in [5.74, 6) is 0.708. The number of nitrogens with one attached hydrogen (secondary N) is 1. The number of methoxy groups -OCH3 is 1. The highest BCUT2D eigenvalue weighted by Crippen LogP contribution is 2.27. The van der Waals surface area contributed by atoms with Crippen molar-refractivity contribution < 1.29 is 19.0 Å². The lowest BCUT2D eigenvalue weighted by Gasteiger charge is -2.23. The highest BCUT2D eigenvalue weighted by Gasteiger charge is 2.16. The highest BCUT2D eigenvalue weighted by atomic mass is 16.5. The van der Waals surface area contributed by atoms with Crippen molar-refractivity contribution in [1.82, 2.24) is 5.32 Å². The van der Waals surface area contributed by atoms with E-state index in [4.69, 9.17) is 19.5 Å². The molecule has 0 unspecified atom stereocenters. The van der Waals surface area contributed by atoms with Crippen molar-refractivity contribution in [3.63, 3.8) is 0 Å². The number of rotatable bonds is 5. The molecular weight excluding hydrogens is 272 g/mol. The predicted octanol–water partition coefficient (Wildman–Crippen LogP) is 1.24. The fraction of sp³-hybridized carbons (Fsp3) is 0.467. The first kappa shape index (κ1) is 15.1. The van der Waals surface area contributed by atoms with Crippen molar-refractivity contribution in [3.8, 4) is 17.6 Å². The first-order valence-electron chi connectivity index (χ1n) is 6.81. The standard InChI is InChI=1S/C15H18N2O4/c1-19-14-8-11(9-16)2-3-13(14)21-10-15(18)17-12-4-6-20-7-5-12/h2-3,8,12H,4-7,10H2,1H3,(H,17,18). The summed E-state index contributed by atoms with van der Waals surface area (Å²) >= 11 is 0. The molecule has 0 aliphatic carbocycles. The summed E-state index contributed by atoms with van der Waals surface area (Å²) < 4.78 is 15.8. The van der Waals surface area contributed by atoms with E-state index in [1.807, 2.05) is 6.07 Å². The van der Waals surface area contributed by atoms with Crippen LogP contribution >= 0.6 is 0 Å². The van der Waals surface area contributed by atoms with Crippen LogP contribution in [0.25, 0.3) is 0 Å². The van der Waals surface area contributed by atoms with E-state index in [-0.39, 0.29) is 18.6 Å². The maximum atomic E-state index is 11.8. The summed E-state index contributed by atoms with van der Waals surface area (Å²) in [5, 5.41) is 11.7. The molecule has 1 aliphatic rings. The molecule has 0 bridgehead atoms. The van der Waals surface area contributed by atoms with Gasteiger partial charge in [-0.1, -0.05) is 0 Å². The van der Waals surface area contributed by atoms with E-state index in [9.17, 15) is 4.79 Å². The van der Waals surface area contributed by atoms with E-state index in [0.29, 0.717) is 30.3 Å². The van der Waals surface area contributed by atoms with E-state index in [2.05, 4.69) is 5.32 Å². The fourth-order valence-electron chi connectivity index (χ4n) is 2.11. The molecule has 1 amide bonds. The first-order chi connectivity index (χ1) is 10.2. The molecule has 1 fully saturated rings. The zero-order valence-electron chi connectivity index (χ0n) is 11.9. The van der Waals surface area contributed by atoms with Gasteiger partial charge in [-0.2, -0.15) is 5.26 Å². The quantitative estimate of drug-likeness (QED) is 0.882. The summed E-state index contributed by atoms with van der Waals surface area (Å²) in [6.07, 6.45) is 1.65. The summed E-state index contributed by atoms with van der Waals surface area (Å²) in [6, 6.07) is 6.99. The van der Waals surface area contributed by atoms with Crippen LogP contribution in [0.4, 0.5) is 0 Å². The Hall–Kier alpha value is -2.26. The van der Waals surface area contributed by atoms with Crippen LogP contribution in [0, 0.1) is 11.3 Å². The molecule has 6 nitrogen and oxygen atoms in total. The third-order valence-electron chi connectivity index (χ3n) is 3.24. The zero-order valence-corrected chi connectivity index (χ0v) is 11.9. The van der Waals surface area contributed by atoms with E-state index >= 15 is 0 Å². The third-order valence-corrected chi connectivity index (χ3v) is 3.24. The van der Waals surface area contributed by atoms with Gasteiger partial charge in [0.1, 0.15) is 0 Å². The molecular formula is C15H18N2O4. The molecule has 0 spiro atoms. The molecule has 1 saturated heterocycles. The molecule has 2 rings (SSSR count). The number of benzene rings is 1. The van der Waals surface area contributed by atoms with Crippen LogP contribution in [0.1, 0.15) is 18.4 Å². The SMILES string of the molecule is COc1cc(C#N)ccc1OCC(=O)NC1CCOCC1. The second-order valence-electron chi connectivity index (χ2n) is 4.72. The van der Waals surface area contributed by atoms with Crippen molar-refractivity contribution in [1.29, 1.82) is 5.26 Å². The van der Waals surface area contributed by atoms with Gasteiger partial charge in [0.15, 0.2) is 18.1 Å². The molecule has 1 aromatic carbocycles. The van der Waals surface area contributed by atoms with E-state index in [1.54, 1.807) is 18.2 Å². The van der Waals surface area contributed by atoms with Gasteiger partial charge in [-0.3, -0.25) is 4.79 Å². The number of ether oxygens (including phenoxy) is 3. The van der Waals surface area contributed by atoms with Gasteiger partial charge in [0.05, 0.1) is 18.7 Å². The smallest absolute Gasteiger partial charge is 0.258 e. The van der Waals surface area contributed by atoms with Crippen LogP contribution in [0.2, 0.25) is 0 Å². The first-order valence-corrected chi connectivity index (χ1v) is 6.81. The third kappa shape index (κ3) is 4.36. The number of nitrogens with zero attached hydrogens (tertiary/aromatic N) is 1. The van der Waals surface area contributed by atoms with E-state index in [0.717, 1.165) is 12.8 Å². The molecule has 112 valence electrons. The predicted molar refractivity (Wildman–Crippen MR) is 75.2 cm³/mol. The van der Waals surface area contributed by atoms with Crippen molar-refractivity contribution in [2.45, 2.75) is 18.9 Å². The van der Waals surface area contributed by atoms with Crippen molar-refractivity contribution >= 4 is 5.91 Å². The molecule has 1 N–H and O–H groups in total. The van der Waals surface area contributed by atoms with Gasteiger partial charge >= 0.3 is 0 Å². The minimum absolute atomic E-state index is 0.0837. The fourth-order valence-corrected chi connectivity index (χ4v) is 2.11. The Balaban J connectivity index is 1.87. The number of nitriles is 1. The Kier molecular flexibility index (Phi) is 5.41. The van der Waals surface area contributed by atoms with Crippen LogP contribution in [0.15, 0.2) is 18.2 Å². The zero-order chi connectivity index (χ0) is 15.1. The lowest BCUT2D eigenvalue weighted by atomic mass is 10.1. The van der Waals surface area contributed by atoms with Crippen molar-refractivity contribution in [3.05, 3.63) is 23.8 Å². The minimum atomic E-state index is -0.173. The van der Waals surface area contributed by atoms with Gasteiger partial charge in [0.2, 0.25) is 0 Å². The van der Waals surface area contributed by atoms with Crippen molar-refractivity contribution in [2.75, 3.05) is 26.9 Å². The van der Waals surface area contributed by atoms with E-state index in [1.165, 1.54) is 7.11 Å². The number of hydrogen-bond acceptors (Lipinski definition) is 5. The molecule has 21 heavy (non-hydrogen) atoms. The Bertz CT molecular complexity index is 533. The lowest BCUT2D eigenvalue weighted by molar-refractivity contribution is -0.124. The van der Waals surface area contributed by atoms with Gasteiger partial charge in [-0.25, -0.2) is 0 Å². The maximum Gasteiger partial charge on any atom is 0.258 e. The van der Waals surface area contributed by atoms with E-state index < -0.39 is 0 Å². The Morgan fingerprint density at radius 2 is 2.19 bits per heavy atom. The van der Waals surface area contributed by atoms with Gasteiger partial charge in [0, 0.05) is 25.3 Å². The normalized spacial score (nSPS) is 15.0. The summed E-state index contributed by atoms with van der Waals surface area (Å²) in [7, 11) is 1.49. The topological polar surface area (TPSA) is 80.6 Å². The van der Waals surface area contributed by atoms with Crippen molar-refractivity contribution in [2.24, 2.45) is 0 Å². The minimum Gasteiger partial charge on any atom is -0.493 e. The van der Waals surface area contributed by atoms with Gasteiger partial charge in [-0.15, -0.1) is 0 Å². The molecule has 0 atom stereocenters. The van der Waals surface area contributed by atoms with Crippen LogP contribution in [0.3, 0.4) is 0 Å². The Morgan fingerprint density at radius 1 is 1.43 bits per heavy atom. The monoisotopic (exact) mass is 290 g/mol. The highest BCUT2D eigenvalue weighted by molar-refractivity contribution is 5.78. The number of carbonyl (C=O) groups excluding carboxylic acids is 1. The van der Waals surface area contributed by atoms with Gasteiger partial charge in [0.25, 0.3) is 5.91 Å². The summed E-state index contributed by atoms with van der Waals surface area (Å²) in [6.45, 7) is 1.27. The average molecular weight is 290 g/mol. The summed E-state index contributed by atoms with van der Waals surface area (Å²) in [4.78, 5) is 11.8. The average Bonchev–Trinajstić information content (AvgIpc) is 2.53. The van der Waals surface area contributed by atoms with Gasteiger partial charge < -0.3 is 19.5 Å². The largest absolute Gasteiger partial charge is 0.493 e. The van der Waals surface area contributed by atoms with Crippen LogP contribution < -0.4 is 14.8 Å². The number of amides is 1. The molecule has 0 saturated carbocycles. The Labute approximate surface area is 123 Å². The second-order valence-corrected chi connectivity index (χ2v) is 4.72. The molecule has 1 aromatic rings. The lowest BCUT2D eigenvalue weighted by Crippen LogP contribution is -2.41. The number of carbonyl (C=O) groups is 1. The molecule has 0 radical (unpaired) electrons. The number of hydrogen-bond donors (Lipinski definition) is 1. The maximum absolute atomic E-state index is 11.8. The summed E-state index contributed by atoms with van der Waals surface area (Å²) in [5.41, 5.74) is 0.478. The molecule has 6 heteroatoms. The molecule has 1 aliphatic heterocycles. The Morgan fingerprint density at radius 3 is 2.86 bits per heavy atom. The molecule has 1 heterocycles. The van der Waals surface area contributed by atoms with Crippen LogP contribution in [-0.4, -0.2) is 38.9 Å².